The zero-order valence-electron chi connectivity index (χ0n) is 13.2. The monoisotopic (exact) mass is 316 g/mol. The van der Waals surface area contributed by atoms with Crippen LogP contribution in [0.1, 0.15) is 49.8 Å². The first-order valence-electron chi connectivity index (χ1n) is 7.86. The molecule has 0 aromatic heterocycles. The Morgan fingerprint density at radius 1 is 1.26 bits per heavy atom. The maximum absolute atomic E-state index is 12.1. The van der Waals surface area contributed by atoms with Gasteiger partial charge < -0.3 is 4.74 Å². The third kappa shape index (κ3) is 3.06. The van der Waals surface area contributed by atoms with Crippen molar-refractivity contribution in [3.8, 4) is 0 Å². The fourth-order valence-electron chi connectivity index (χ4n) is 3.01. The Balaban J connectivity index is 1.76. The molecule has 1 aromatic carbocycles. The van der Waals surface area contributed by atoms with Crippen molar-refractivity contribution in [3.63, 3.8) is 0 Å². The lowest BCUT2D eigenvalue weighted by atomic mass is 9.98. The first-order chi connectivity index (χ1) is 11.0. The van der Waals surface area contributed by atoms with Crippen LogP contribution in [-0.4, -0.2) is 35.4 Å². The highest BCUT2D eigenvalue weighted by molar-refractivity contribution is 6.01. The summed E-state index contributed by atoms with van der Waals surface area (Å²) in [5.74, 6) is -0.326. The van der Waals surface area contributed by atoms with Gasteiger partial charge in [-0.2, -0.15) is 0 Å². The van der Waals surface area contributed by atoms with Crippen LogP contribution in [0.5, 0.6) is 0 Å². The van der Waals surface area contributed by atoms with Crippen molar-refractivity contribution in [3.05, 3.63) is 35.4 Å². The van der Waals surface area contributed by atoms with Crippen LogP contribution >= 0.6 is 0 Å². The second-order valence-electron chi connectivity index (χ2n) is 6.32. The second kappa shape index (κ2) is 6.02. The van der Waals surface area contributed by atoms with E-state index in [9.17, 15) is 14.4 Å². The molecule has 2 unspecified atom stereocenters. The molecule has 0 bridgehead atoms. The molecule has 2 atom stereocenters. The van der Waals surface area contributed by atoms with Crippen LogP contribution in [0.4, 0.5) is 4.79 Å². The van der Waals surface area contributed by atoms with Gasteiger partial charge in [-0.15, -0.1) is 0 Å². The van der Waals surface area contributed by atoms with Crippen LogP contribution in [0.2, 0.25) is 0 Å². The molecule has 2 saturated heterocycles. The number of ether oxygens (including phenoxy) is 1. The molecule has 1 aromatic rings. The van der Waals surface area contributed by atoms with E-state index in [0.29, 0.717) is 18.9 Å². The number of imide groups is 1. The van der Waals surface area contributed by atoms with E-state index >= 15 is 0 Å². The van der Waals surface area contributed by atoms with Gasteiger partial charge in [-0.05, 0) is 23.5 Å². The largest absolute Gasteiger partial charge is 0.439 e. The van der Waals surface area contributed by atoms with Gasteiger partial charge >= 0.3 is 6.09 Å². The SMILES string of the molecule is CC(C)c1cccc(C2CN(C3CCC(=O)NC3=O)C(=O)O2)c1. The zero-order chi connectivity index (χ0) is 16.6. The van der Waals surface area contributed by atoms with Gasteiger partial charge in [0.2, 0.25) is 11.8 Å². The highest BCUT2D eigenvalue weighted by atomic mass is 16.6. The molecule has 2 aliphatic heterocycles. The molecule has 2 heterocycles. The lowest BCUT2D eigenvalue weighted by Crippen LogP contribution is -2.52. The van der Waals surface area contributed by atoms with Crippen molar-refractivity contribution in [2.24, 2.45) is 0 Å². The third-order valence-corrected chi connectivity index (χ3v) is 4.38. The van der Waals surface area contributed by atoms with Crippen LogP contribution in [-0.2, 0) is 14.3 Å². The normalized spacial score (nSPS) is 24.8. The summed E-state index contributed by atoms with van der Waals surface area (Å²) in [7, 11) is 0. The first kappa shape index (κ1) is 15.5. The van der Waals surface area contributed by atoms with Gasteiger partial charge in [-0.3, -0.25) is 19.8 Å². The van der Waals surface area contributed by atoms with Gasteiger partial charge in [0.1, 0.15) is 12.1 Å². The number of hydrogen-bond acceptors (Lipinski definition) is 4. The second-order valence-corrected chi connectivity index (χ2v) is 6.32. The third-order valence-electron chi connectivity index (χ3n) is 4.38. The Hall–Kier alpha value is -2.37. The summed E-state index contributed by atoms with van der Waals surface area (Å²) in [6.45, 7) is 4.54. The summed E-state index contributed by atoms with van der Waals surface area (Å²) in [6, 6.07) is 7.34. The standard InChI is InChI=1S/C17H20N2O4/c1-10(2)11-4-3-5-12(8-11)14-9-19(17(22)23-14)13-6-7-15(20)18-16(13)21/h3-5,8,10,13-14H,6-7,9H2,1-2H3,(H,18,20,21). The molecule has 6 heteroatoms. The summed E-state index contributed by atoms with van der Waals surface area (Å²) in [4.78, 5) is 36.7. The van der Waals surface area contributed by atoms with E-state index in [-0.39, 0.29) is 18.4 Å². The summed E-state index contributed by atoms with van der Waals surface area (Å²) in [6.07, 6.45) is -0.294. The fraction of sp³-hybridized carbons (Fsp3) is 0.471. The van der Waals surface area contributed by atoms with Crippen LogP contribution in [0, 0.1) is 0 Å². The quantitative estimate of drug-likeness (QED) is 0.867. The summed E-state index contributed by atoms with van der Waals surface area (Å²) < 4.78 is 5.45. The summed E-state index contributed by atoms with van der Waals surface area (Å²) in [5, 5.41) is 2.28. The van der Waals surface area contributed by atoms with Crippen LogP contribution in [0.25, 0.3) is 0 Å². The number of cyclic esters (lactones) is 1. The Kier molecular flexibility index (Phi) is 4.07. The van der Waals surface area contributed by atoms with E-state index in [0.717, 1.165) is 5.56 Å². The van der Waals surface area contributed by atoms with E-state index in [1.54, 1.807) is 0 Å². The van der Waals surface area contributed by atoms with Crippen molar-refractivity contribution in [2.45, 2.75) is 44.8 Å². The molecule has 6 nitrogen and oxygen atoms in total. The number of piperidine rings is 1. The highest BCUT2D eigenvalue weighted by Gasteiger charge is 2.41. The number of hydrogen-bond donors (Lipinski definition) is 1. The number of rotatable bonds is 3. The maximum atomic E-state index is 12.1. The number of carbonyl (C=O) groups excluding carboxylic acids is 3. The average Bonchev–Trinajstić information content (AvgIpc) is 2.89. The number of nitrogens with zero attached hydrogens (tertiary/aromatic N) is 1. The lowest BCUT2D eigenvalue weighted by molar-refractivity contribution is -0.136. The molecule has 0 saturated carbocycles. The maximum Gasteiger partial charge on any atom is 0.411 e. The molecule has 0 radical (unpaired) electrons. The Bertz CT molecular complexity index is 656. The van der Waals surface area contributed by atoms with E-state index in [1.165, 1.54) is 10.5 Å². The molecule has 122 valence electrons. The van der Waals surface area contributed by atoms with Gasteiger partial charge in [-0.25, -0.2) is 4.79 Å². The van der Waals surface area contributed by atoms with E-state index in [4.69, 9.17) is 4.74 Å². The van der Waals surface area contributed by atoms with Crippen molar-refractivity contribution < 1.29 is 19.1 Å². The molecule has 3 rings (SSSR count). The van der Waals surface area contributed by atoms with Crippen LogP contribution < -0.4 is 5.32 Å². The molecule has 2 aliphatic rings. The Morgan fingerprint density at radius 3 is 2.74 bits per heavy atom. The minimum absolute atomic E-state index is 0.244. The predicted octanol–water partition coefficient (Wildman–Crippen LogP) is 2.11. The van der Waals surface area contributed by atoms with Gasteiger partial charge in [0, 0.05) is 6.42 Å². The Morgan fingerprint density at radius 2 is 2.04 bits per heavy atom. The molecular formula is C17H20N2O4. The van der Waals surface area contributed by atoms with Crippen molar-refractivity contribution in [1.29, 1.82) is 0 Å². The molecule has 3 amide bonds. The van der Waals surface area contributed by atoms with Crippen molar-refractivity contribution in [1.82, 2.24) is 10.2 Å². The van der Waals surface area contributed by atoms with E-state index in [2.05, 4.69) is 19.2 Å². The Labute approximate surface area is 134 Å². The van der Waals surface area contributed by atoms with Crippen LogP contribution in [0.15, 0.2) is 24.3 Å². The smallest absolute Gasteiger partial charge is 0.411 e. The highest BCUT2D eigenvalue weighted by Crippen LogP contribution is 2.30. The number of benzene rings is 1. The topological polar surface area (TPSA) is 75.7 Å². The van der Waals surface area contributed by atoms with Crippen molar-refractivity contribution >= 4 is 17.9 Å². The lowest BCUT2D eigenvalue weighted by Gasteiger charge is -2.27. The zero-order valence-corrected chi connectivity index (χ0v) is 13.2. The molecule has 0 spiro atoms. The van der Waals surface area contributed by atoms with Gasteiger partial charge in [-0.1, -0.05) is 38.1 Å². The van der Waals surface area contributed by atoms with Gasteiger partial charge in [0.25, 0.3) is 0 Å². The number of amides is 3. The minimum Gasteiger partial charge on any atom is -0.439 e. The summed E-state index contributed by atoms with van der Waals surface area (Å²) in [5.41, 5.74) is 2.11. The average molecular weight is 316 g/mol. The fourth-order valence-corrected chi connectivity index (χ4v) is 3.01. The molecule has 1 N–H and O–H groups in total. The number of carbonyl (C=O) groups is 3. The number of nitrogens with one attached hydrogen (secondary N) is 1. The first-order valence-corrected chi connectivity index (χ1v) is 7.86. The van der Waals surface area contributed by atoms with E-state index < -0.39 is 18.0 Å². The minimum atomic E-state index is -0.626. The van der Waals surface area contributed by atoms with Gasteiger partial charge in [0.15, 0.2) is 0 Å². The van der Waals surface area contributed by atoms with E-state index in [1.807, 2.05) is 24.3 Å². The predicted molar refractivity (Wildman–Crippen MR) is 82.6 cm³/mol. The van der Waals surface area contributed by atoms with Crippen LogP contribution in [0.3, 0.4) is 0 Å². The molecule has 2 fully saturated rings. The van der Waals surface area contributed by atoms with Crippen molar-refractivity contribution in [2.75, 3.05) is 6.54 Å². The summed E-state index contributed by atoms with van der Waals surface area (Å²) >= 11 is 0. The molecule has 23 heavy (non-hydrogen) atoms. The van der Waals surface area contributed by atoms with Gasteiger partial charge in [0.05, 0.1) is 6.54 Å². The molecular weight excluding hydrogens is 296 g/mol. The molecule has 0 aliphatic carbocycles.